The van der Waals surface area contributed by atoms with Crippen LogP contribution in [0.5, 0.6) is 0 Å². The molecule has 0 saturated heterocycles. The van der Waals surface area contributed by atoms with Gasteiger partial charge in [0.25, 0.3) is 0 Å². The summed E-state index contributed by atoms with van der Waals surface area (Å²) in [6, 6.07) is 1.57. The molecule has 7 nitrogen and oxygen atoms in total. The Morgan fingerprint density at radius 1 is 1.45 bits per heavy atom. The monoisotopic (exact) mass is 300 g/mol. The van der Waals surface area contributed by atoms with Gasteiger partial charge in [0.2, 0.25) is 15.9 Å². The third-order valence-corrected chi connectivity index (χ3v) is 4.33. The zero-order chi connectivity index (χ0) is 15.4. The lowest BCUT2D eigenvalue weighted by Gasteiger charge is -2.22. The summed E-state index contributed by atoms with van der Waals surface area (Å²) in [7, 11) is -3.90. The summed E-state index contributed by atoms with van der Waals surface area (Å²) in [5, 5.41) is 3.01. The molecule has 0 fully saturated rings. The number of pyridine rings is 1. The van der Waals surface area contributed by atoms with Crippen molar-refractivity contribution >= 4 is 21.6 Å². The highest BCUT2D eigenvalue weighted by Gasteiger charge is 2.32. The molecule has 0 aliphatic carbocycles. The maximum Gasteiger partial charge on any atom is 0.245 e. The summed E-state index contributed by atoms with van der Waals surface area (Å²) < 4.78 is 27.0. The number of rotatable bonds is 7. The van der Waals surface area contributed by atoms with Crippen molar-refractivity contribution in [3.8, 4) is 0 Å². The highest BCUT2D eigenvalue weighted by atomic mass is 32.2. The number of carbonyl (C=O) groups is 1. The molecule has 0 saturated carbocycles. The van der Waals surface area contributed by atoms with Gasteiger partial charge in [0, 0.05) is 18.9 Å². The molecule has 0 spiro atoms. The minimum Gasteiger partial charge on any atom is -0.384 e. The van der Waals surface area contributed by atoms with Gasteiger partial charge in [-0.3, -0.25) is 9.78 Å². The van der Waals surface area contributed by atoms with E-state index in [0.29, 0.717) is 12.2 Å². The van der Waals surface area contributed by atoms with Crippen molar-refractivity contribution in [2.24, 2.45) is 5.73 Å². The second-order valence-corrected chi connectivity index (χ2v) is 6.54. The Kier molecular flexibility index (Phi) is 5.07. The summed E-state index contributed by atoms with van der Waals surface area (Å²) in [4.78, 5) is 15.1. The number of nitrogens with one attached hydrogen (secondary N) is 2. The van der Waals surface area contributed by atoms with Crippen LogP contribution in [0.15, 0.2) is 23.4 Å². The molecule has 0 bridgehead atoms. The standard InChI is InChI=1S/C12H20N4O3S/c1-4-6-15-9-5-7-14-8-10(9)20(18,19)16-12(2,3)11(13)17/h5,7-8,16H,4,6H2,1-3H3,(H2,13,17)(H,14,15). The average Bonchev–Trinajstić information content (AvgIpc) is 2.35. The molecule has 0 unspecified atom stereocenters. The number of carbonyl (C=O) groups excluding carboxylic acids is 1. The van der Waals surface area contributed by atoms with Crippen LogP contribution in [0.1, 0.15) is 27.2 Å². The van der Waals surface area contributed by atoms with Gasteiger partial charge < -0.3 is 11.1 Å². The van der Waals surface area contributed by atoms with Crippen molar-refractivity contribution in [3.63, 3.8) is 0 Å². The number of hydrogen-bond acceptors (Lipinski definition) is 5. The van der Waals surface area contributed by atoms with Gasteiger partial charge in [-0.05, 0) is 26.3 Å². The van der Waals surface area contributed by atoms with Crippen molar-refractivity contribution < 1.29 is 13.2 Å². The number of amides is 1. The van der Waals surface area contributed by atoms with Crippen molar-refractivity contribution in [1.29, 1.82) is 0 Å². The lowest BCUT2D eigenvalue weighted by molar-refractivity contribution is -0.122. The first-order valence-electron chi connectivity index (χ1n) is 6.22. The maximum absolute atomic E-state index is 12.3. The van der Waals surface area contributed by atoms with E-state index in [9.17, 15) is 13.2 Å². The van der Waals surface area contributed by atoms with Crippen LogP contribution in [0.2, 0.25) is 0 Å². The minimum atomic E-state index is -3.90. The van der Waals surface area contributed by atoms with Gasteiger partial charge in [-0.25, -0.2) is 8.42 Å². The summed E-state index contributed by atoms with van der Waals surface area (Å²) in [6.07, 6.45) is 3.58. The van der Waals surface area contributed by atoms with E-state index in [0.717, 1.165) is 6.42 Å². The highest BCUT2D eigenvalue weighted by molar-refractivity contribution is 7.89. The molecule has 1 heterocycles. The molecule has 0 aliphatic rings. The maximum atomic E-state index is 12.3. The predicted molar refractivity (Wildman–Crippen MR) is 76.6 cm³/mol. The van der Waals surface area contributed by atoms with E-state index < -0.39 is 21.5 Å². The van der Waals surface area contributed by atoms with Crippen molar-refractivity contribution in [3.05, 3.63) is 18.5 Å². The van der Waals surface area contributed by atoms with Gasteiger partial charge in [-0.1, -0.05) is 6.92 Å². The molecule has 0 atom stereocenters. The minimum absolute atomic E-state index is 0.0113. The van der Waals surface area contributed by atoms with Gasteiger partial charge >= 0.3 is 0 Å². The SMILES string of the molecule is CCCNc1ccncc1S(=O)(=O)NC(C)(C)C(N)=O. The molecule has 0 aliphatic heterocycles. The number of nitrogens with two attached hydrogens (primary N) is 1. The second-order valence-electron chi connectivity index (χ2n) is 4.89. The number of hydrogen-bond donors (Lipinski definition) is 3. The molecule has 1 aromatic rings. The van der Waals surface area contributed by atoms with E-state index in [-0.39, 0.29) is 4.90 Å². The van der Waals surface area contributed by atoms with Crippen LogP contribution in [0.4, 0.5) is 5.69 Å². The first-order valence-corrected chi connectivity index (χ1v) is 7.71. The predicted octanol–water partition coefficient (Wildman–Crippen LogP) is 0.446. The number of aromatic nitrogens is 1. The van der Waals surface area contributed by atoms with Crippen LogP contribution >= 0.6 is 0 Å². The third kappa shape index (κ3) is 3.91. The van der Waals surface area contributed by atoms with Crippen molar-refractivity contribution in [2.45, 2.75) is 37.6 Å². The molecule has 20 heavy (non-hydrogen) atoms. The summed E-state index contributed by atoms with van der Waals surface area (Å²) >= 11 is 0. The smallest absolute Gasteiger partial charge is 0.245 e. The molecule has 1 aromatic heterocycles. The average molecular weight is 300 g/mol. The molecule has 0 aromatic carbocycles. The van der Waals surface area contributed by atoms with Gasteiger partial charge in [0.1, 0.15) is 10.4 Å². The highest BCUT2D eigenvalue weighted by Crippen LogP contribution is 2.21. The summed E-state index contributed by atoms with van der Waals surface area (Å²) in [6.45, 7) is 5.41. The second kappa shape index (κ2) is 6.19. The van der Waals surface area contributed by atoms with Crippen LogP contribution in [-0.2, 0) is 14.8 Å². The van der Waals surface area contributed by atoms with E-state index in [1.54, 1.807) is 6.07 Å². The third-order valence-electron chi connectivity index (χ3n) is 2.65. The lowest BCUT2D eigenvalue weighted by Crippen LogP contribution is -2.52. The Morgan fingerprint density at radius 2 is 2.10 bits per heavy atom. The lowest BCUT2D eigenvalue weighted by atomic mass is 10.1. The topological polar surface area (TPSA) is 114 Å². The fourth-order valence-corrected chi connectivity index (χ4v) is 2.95. The van der Waals surface area contributed by atoms with Crippen LogP contribution in [0.3, 0.4) is 0 Å². The molecule has 112 valence electrons. The molecule has 1 amide bonds. The molecule has 8 heteroatoms. The van der Waals surface area contributed by atoms with E-state index in [1.165, 1.54) is 26.2 Å². The van der Waals surface area contributed by atoms with Crippen LogP contribution in [0.25, 0.3) is 0 Å². The van der Waals surface area contributed by atoms with Crippen LogP contribution in [0, 0.1) is 0 Å². The van der Waals surface area contributed by atoms with E-state index in [2.05, 4.69) is 15.0 Å². The first kappa shape index (κ1) is 16.4. The van der Waals surface area contributed by atoms with E-state index in [1.807, 2.05) is 6.92 Å². The van der Waals surface area contributed by atoms with Crippen molar-refractivity contribution in [2.75, 3.05) is 11.9 Å². The van der Waals surface area contributed by atoms with E-state index >= 15 is 0 Å². The van der Waals surface area contributed by atoms with Crippen LogP contribution in [-0.4, -0.2) is 31.4 Å². The fourth-order valence-electron chi connectivity index (χ4n) is 1.44. The van der Waals surface area contributed by atoms with Gasteiger partial charge in [-0.15, -0.1) is 0 Å². The fraction of sp³-hybridized carbons (Fsp3) is 0.500. The summed E-state index contributed by atoms with van der Waals surface area (Å²) in [5.74, 6) is -0.756. The quantitative estimate of drug-likeness (QED) is 0.676. The van der Waals surface area contributed by atoms with Gasteiger partial charge in [0.05, 0.1) is 5.69 Å². The van der Waals surface area contributed by atoms with E-state index in [4.69, 9.17) is 5.73 Å². The van der Waals surface area contributed by atoms with Gasteiger partial charge in [-0.2, -0.15) is 4.72 Å². The Balaban J connectivity index is 3.13. The zero-order valence-electron chi connectivity index (χ0n) is 11.8. The number of sulfonamides is 1. The number of primary amides is 1. The molecular weight excluding hydrogens is 280 g/mol. The van der Waals surface area contributed by atoms with Crippen molar-refractivity contribution in [1.82, 2.24) is 9.71 Å². The zero-order valence-corrected chi connectivity index (χ0v) is 12.6. The Bertz CT molecular complexity index is 584. The Hall–Kier alpha value is -1.67. The number of anilines is 1. The molecule has 1 rings (SSSR count). The Labute approximate surface area is 119 Å². The largest absolute Gasteiger partial charge is 0.384 e. The molecule has 0 radical (unpaired) electrons. The van der Waals surface area contributed by atoms with Crippen LogP contribution < -0.4 is 15.8 Å². The summed E-state index contributed by atoms with van der Waals surface area (Å²) in [5.41, 5.74) is 4.24. The number of nitrogens with zero attached hydrogens (tertiary/aromatic N) is 1. The molecular formula is C12H20N4O3S. The van der Waals surface area contributed by atoms with Gasteiger partial charge in [0.15, 0.2) is 0 Å². The molecule has 4 N–H and O–H groups in total. The Morgan fingerprint density at radius 3 is 2.65 bits per heavy atom. The first-order chi connectivity index (χ1) is 9.20. The normalized spacial score (nSPS) is 12.2.